The van der Waals surface area contributed by atoms with Gasteiger partial charge in [0.2, 0.25) is 0 Å². The van der Waals surface area contributed by atoms with Gasteiger partial charge in [0.1, 0.15) is 3.70 Å². The van der Waals surface area contributed by atoms with E-state index in [1.165, 1.54) is 0 Å². The predicted octanol–water partition coefficient (Wildman–Crippen LogP) is 3.48. The number of hydrogen-bond donors (Lipinski definition) is 0. The molecule has 1 nitrogen and oxygen atoms in total. The fourth-order valence-corrected chi connectivity index (χ4v) is 1.50. The first-order valence-corrected chi connectivity index (χ1v) is 5.06. The highest BCUT2D eigenvalue weighted by atomic mass is 127. The Bertz CT molecular complexity index is 283. The van der Waals surface area contributed by atoms with Crippen molar-refractivity contribution in [3.05, 3.63) is 32.1 Å². The zero-order valence-electron chi connectivity index (χ0n) is 6.01. The lowest BCUT2D eigenvalue weighted by Crippen LogP contribution is -1.85. The molecule has 0 saturated heterocycles. The fourth-order valence-electron chi connectivity index (χ4n) is 0.708. The largest absolute Gasteiger partial charge is 0.241 e. The van der Waals surface area contributed by atoms with Crippen LogP contribution in [0.5, 0.6) is 0 Å². The van der Waals surface area contributed by atoms with Crippen molar-refractivity contribution in [2.75, 3.05) is 0 Å². The maximum absolute atomic E-state index is 4.32. The summed E-state index contributed by atoms with van der Waals surface area (Å²) in [6.45, 7) is 1.98. The second-order valence-corrected chi connectivity index (χ2v) is 3.96. The van der Waals surface area contributed by atoms with Crippen LogP contribution in [0, 0.1) is 3.70 Å². The molecule has 0 aliphatic heterocycles. The lowest BCUT2D eigenvalue weighted by molar-refractivity contribution is 1.22. The molecule has 0 amide bonds. The van der Waals surface area contributed by atoms with Crippen LogP contribution in [0.4, 0.5) is 0 Å². The van der Waals surface area contributed by atoms with Gasteiger partial charge in [-0.15, -0.1) is 0 Å². The highest BCUT2D eigenvalue weighted by Gasteiger charge is 1.96. The Morgan fingerprint density at radius 1 is 1.55 bits per heavy atom. The number of halogens is 2. The molecule has 0 aliphatic rings. The topological polar surface area (TPSA) is 12.9 Å². The van der Waals surface area contributed by atoms with Crippen LogP contribution in [0.15, 0.2) is 22.7 Å². The van der Waals surface area contributed by atoms with E-state index in [-0.39, 0.29) is 0 Å². The third kappa shape index (κ3) is 2.56. The van der Waals surface area contributed by atoms with Crippen molar-refractivity contribution < 1.29 is 0 Å². The maximum atomic E-state index is 4.32. The molecule has 1 heterocycles. The molecular formula is C8H7BrIN. The molecule has 1 rings (SSSR count). The Hall–Kier alpha value is 0.1000. The normalized spacial score (nSPS) is 10.8. The third-order valence-electron chi connectivity index (χ3n) is 1.16. The van der Waals surface area contributed by atoms with Crippen molar-refractivity contribution in [3.8, 4) is 0 Å². The Morgan fingerprint density at radius 3 is 2.91 bits per heavy atom. The lowest BCUT2D eigenvalue weighted by atomic mass is 10.3. The Labute approximate surface area is 88.2 Å². The molecule has 0 N–H and O–H groups in total. The van der Waals surface area contributed by atoms with E-state index < -0.39 is 0 Å². The first-order valence-electron chi connectivity index (χ1n) is 3.19. The molecule has 0 spiro atoms. The molecule has 0 bridgehead atoms. The van der Waals surface area contributed by atoms with Gasteiger partial charge in [-0.3, -0.25) is 0 Å². The SMILES string of the molecule is C/C=C/c1nc(I)ccc1Br. The van der Waals surface area contributed by atoms with E-state index in [1.54, 1.807) is 0 Å². The lowest BCUT2D eigenvalue weighted by Gasteiger charge is -1.96. The maximum Gasteiger partial charge on any atom is 0.102 e. The number of rotatable bonds is 1. The zero-order valence-corrected chi connectivity index (χ0v) is 9.76. The van der Waals surface area contributed by atoms with Crippen LogP contribution in [-0.2, 0) is 0 Å². The zero-order chi connectivity index (χ0) is 8.27. The summed E-state index contributed by atoms with van der Waals surface area (Å²) in [5, 5.41) is 0. The first-order chi connectivity index (χ1) is 5.24. The quantitative estimate of drug-likeness (QED) is 0.569. The third-order valence-corrected chi connectivity index (χ3v) is 2.44. The van der Waals surface area contributed by atoms with E-state index >= 15 is 0 Å². The van der Waals surface area contributed by atoms with E-state index in [0.717, 1.165) is 13.9 Å². The fraction of sp³-hybridized carbons (Fsp3) is 0.125. The Morgan fingerprint density at radius 2 is 2.27 bits per heavy atom. The molecule has 0 fully saturated rings. The number of nitrogens with zero attached hydrogens (tertiary/aromatic N) is 1. The average molecular weight is 324 g/mol. The van der Waals surface area contributed by atoms with Gasteiger partial charge in [-0.1, -0.05) is 6.08 Å². The van der Waals surface area contributed by atoms with Crippen LogP contribution < -0.4 is 0 Å². The minimum Gasteiger partial charge on any atom is -0.241 e. The number of allylic oxidation sites excluding steroid dienone is 1. The molecule has 1 aromatic rings. The van der Waals surface area contributed by atoms with Crippen LogP contribution in [0.2, 0.25) is 0 Å². The first kappa shape index (κ1) is 9.19. The van der Waals surface area contributed by atoms with Crippen LogP contribution >= 0.6 is 38.5 Å². The van der Waals surface area contributed by atoms with Crippen molar-refractivity contribution in [1.82, 2.24) is 4.98 Å². The molecule has 3 heteroatoms. The van der Waals surface area contributed by atoms with Crippen LogP contribution in [-0.4, -0.2) is 4.98 Å². The van der Waals surface area contributed by atoms with E-state index in [2.05, 4.69) is 43.5 Å². The van der Waals surface area contributed by atoms with Gasteiger partial charge in [0.25, 0.3) is 0 Å². The van der Waals surface area contributed by atoms with Gasteiger partial charge in [-0.2, -0.15) is 0 Å². The number of hydrogen-bond acceptors (Lipinski definition) is 1. The standard InChI is InChI=1S/C8H7BrIN/c1-2-3-7-6(9)4-5-8(10)11-7/h2-5H,1H3/b3-2+. The molecule has 0 aromatic carbocycles. The summed E-state index contributed by atoms with van der Waals surface area (Å²) in [4.78, 5) is 4.32. The summed E-state index contributed by atoms with van der Waals surface area (Å²) < 4.78 is 2.05. The summed E-state index contributed by atoms with van der Waals surface area (Å²) in [5.41, 5.74) is 0.986. The molecule has 1 aromatic heterocycles. The molecule has 0 aliphatic carbocycles. The second-order valence-electron chi connectivity index (χ2n) is 2.00. The van der Waals surface area contributed by atoms with Crippen molar-refractivity contribution in [1.29, 1.82) is 0 Å². The van der Waals surface area contributed by atoms with Gasteiger partial charge in [0, 0.05) is 4.47 Å². The predicted molar refractivity (Wildman–Crippen MR) is 59.4 cm³/mol. The molecule has 11 heavy (non-hydrogen) atoms. The van der Waals surface area contributed by atoms with Crippen LogP contribution in [0.25, 0.3) is 6.08 Å². The summed E-state index contributed by atoms with van der Waals surface area (Å²) in [7, 11) is 0. The number of aromatic nitrogens is 1. The Kier molecular flexibility index (Phi) is 3.51. The molecule has 58 valence electrons. The van der Waals surface area contributed by atoms with Crippen LogP contribution in [0.1, 0.15) is 12.6 Å². The molecule has 0 unspecified atom stereocenters. The highest BCUT2D eigenvalue weighted by molar-refractivity contribution is 14.1. The average Bonchev–Trinajstić information content (AvgIpc) is 1.98. The van der Waals surface area contributed by atoms with E-state index in [9.17, 15) is 0 Å². The molecule has 0 saturated carbocycles. The van der Waals surface area contributed by atoms with Gasteiger partial charge in [0.15, 0.2) is 0 Å². The van der Waals surface area contributed by atoms with E-state index in [4.69, 9.17) is 0 Å². The summed E-state index contributed by atoms with van der Waals surface area (Å²) in [6, 6.07) is 3.97. The molecule has 0 atom stereocenters. The molecule has 0 radical (unpaired) electrons. The van der Waals surface area contributed by atoms with Crippen LogP contribution in [0.3, 0.4) is 0 Å². The smallest absolute Gasteiger partial charge is 0.102 e. The van der Waals surface area contributed by atoms with Gasteiger partial charge in [-0.25, -0.2) is 4.98 Å². The highest BCUT2D eigenvalue weighted by Crippen LogP contribution is 2.17. The Balaban J connectivity index is 3.12. The van der Waals surface area contributed by atoms with Gasteiger partial charge in [-0.05, 0) is 63.7 Å². The van der Waals surface area contributed by atoms with Gasteiger partial charge in [0.05, 0.1) is 5.69 Å². The second kappa shape index (κ2) is 4.21. The summed E-state index contributed by atoms with van der Waals surface area (Å²) >= 11 is 5.61. The molecular weight excluding hydrogens is 317 g/mol. The monoisotopic (exact) mass is 323 g/mol. The minimum atomic E-state index is 0.986. The van der Waals surface area contributed by atoms with E-state index in [0.29, 0.717) is 0 Å². The van der Waals surface area contributed by atoms with E-state index in [1.807, 2.05) is 31.2 Å². The van der Waals surface area contributed by atoms with Gasteiger partial charge >= 0.3 is 0 Å². The minimum absolute atomic E-state index is 0.986. The number of pyridine rings is 1. The van der Waals surface area contributed by atoms with Crippen molar-refractivity contribution in [2.45, 2.75) is 6.92 Å². The summed E-state index contributed by atoms with van der Waals surface area (Å²) in [6.07, 6.45) is 3.95. The summed E-state index contributed by atoms with van der Waals surface area (Å²) in [5.74, 6) is 0. The van der Waals surface area contributed by atoms with Crippen molar-refractivity contribution in [2.24, 2.45) is 0 Å². The van der Waals surface area contributed by atoms with Gasteiger partial charge < -0.3 is 0 Å². The van der Waals surface area contributed by atoms with Crippen molar-refractivity contribution in [3.63, 3.8) is 0 Å². The van der Waals surface area contributed by atoms with Crippen molar-refractivity contribution >= 4 is 44.6 Å².